The Morgan fingerprint density at radius 3 is 2.50 bits per heavy atom. The molecule has 0 fully saturated rings. The van der Waals surface area contributed by atoms with Crippen LogP contribution in [0.4, 0.5) is 0 Å². The van der Waals surface area contributed by atoms with Gasteiger partial charge in [-0.3, -0.25) is 3.97 Å². The number of pyridine rings is 1. The molecule has 0 bridgehead atoms. The molecule has 0 saturated heterocycles. The molecule has 0 saturated carbocycles. The summed E-state index contributed by atoms with van der Waals surface area (Å²) in [4.78, 5) is 5.79. The molecule has 2 heterocycles. The standard InChI is InChI=1S/C16H15BrN2S/c1-10-4-6-14(7-5-10)20-19-12(3)11(2)15-8-13(17)9-18-16(15)19/h4-9H,1-3H3. The molecule has 0 N–H and O–H groups in total. The summed E-state index contributed by atoms with van der Waals surface area (Å²) < 4.78 is 3.23. The highest BCUT2D eigenvalue weighted by Crippen LogP contribution is 2.32. The lowest BCUT2D eigenvalue weighted by Crippen LogP contribution is -1.91. The minimum atomic E-state index is 1.02. The van der Waals surface area contributed by atoms with E-state index < -0.39 is 0 Å². The first-order valence-electron chi connectivity index (χ1n) is 6.44. The third-order valence-electron chi connectivity index (χ3n) is 3.49. The van der Waals surface area contributed by atoms with Gasteiger partial charge in [0.25, 0.3) is 0 Å². The van der Waals surface area contributed by atoms with Crippen molar-refractivity contribution in [2.75, 3.05) is 0 Å². The van der Waals surface area contributed by atoms with Crippen molar-refractivity contribution in [1.29, 1.82) is 0 Å². The van der Waals surface area contributed by atoms with Gasteiger partial charge in [-0.1, -0.05) is 17.7 Å². The van der Waals surface area contributed by atoms with E-state index in [1.54, 1.807) is 11.9 Å². The largest absolute Gasteiger partial charge is 0.268 e. The second-order valence-corrected chi connectivity index (χ2v) is 6.87. The zero-order valence-electron chi connectivity index (χ0n) is 11.6. The van der Waals surface area contributed by atoms with Crippen LogP contribution in [0.15, 0.2) is 45.9 Å². The van der Waals surface area contributed by atoms with E-state index in [9.17, 15) is 0 Å². The summed E-state index contributed by atoms with van der Waals surface area (Å²) in [6.45, 7) is 6.40. The molecule has 0 aliphatic carbocycles. The predicted molar refractivity (Wildman–Crippen MR) is 89.3 cm³/mol. The Kier molecular flexibility index (Phi) is 3.61. The lowest BCUT2D eigenvalue weighted by Gasteiger charge is -2.07. The average Bonchev–Trinajstić information content (AvgIpc) is 2.66. The molecular formula is C16H15BrN2S. The summed E-state index contributed by atoms with van der Waals surface area (Å²) in [5.74, 6) is 0. The van der Waals surface area contributed by atoms with E-state index in [0.717, 1.165) is 10.1 Å². The van der Waals surface area contributed by atoms with E-state index in [2.05, 4.69) is 76.0 Å². The highest BCUT2D eigenvalue weighted by Gasteiger charge is 2.13. The van der Waals surface area contributed by atoms with E-state index in [1.165, 1.54) is 27.1 Å². The van der Waals surface area contributed by atoms with E-state index in [0.29, 0.717) is 0 Å². The number of nitrogens with zero attached hydrogens (tertiary/aromatic N) is 2. The van der Waals surface area contributed by atoms with Gasteiger partial charge in [-0.05, 0) is 72.4 Å². The number of halogens is 1. The van der Waals surface area contributed by atoms with Gasteiger partial charge in [0, 0.05) is 26.6 Å². The molecule has 0 radical (unpaired) electrons. The molecule has 4 heteroatoms. The van der Waals surface area contributed by atoms with E-state index >= 15 is 0 Å². The first-order valence-corrected chi connectivity index (χ1v) is 8.01. The van der Waals surface area contributed by atoms with Gasteiger partial charge in [0.15, 0.2) is 5.65 Å². The van der Waals surface area contributed by atoms with Crippen molar-refractivity contribution in [3.63, 3.8) is 0 Å². The summed E-state index contributed by atoms with van der Waals surface area (Å²) >= 11 is 5.21. The van der Waals surface area contributed by atoms with Crippen LogP contribution >= 0.6 is 27.9 Å². The van der Waals surface area contributed by atoms with Gasteiger partial charge >= 0.3 is 0 Å². The summed E-state index contributed by atoms with van der Waals surface area (Å²) in [5, 5.41) is 1.21. The minimum absolute atomic E-state index is 1.02. The van der Waals surface area contributed by atoms with Gasteiger partial charge in [0.05, 0.1) is 0 Å². The van der Waals surface area contributed by atoms with Gasteiger partial charge in [-0.15, -0.1) is 0 Å². The lowest BCUT2D eigenvalue weighted by molar-refractivity contribution is 1.15. The number of fused-ring (bicyclic) bond motifs is 1. The minimum Gasteiger partial charge on any atom is -0.268 e. The molecule has 1 aromatic carbocycles. The van der Waals surface area contributed by atoms with Crippen molar-refractivity contribution in [3.05, 3.63) is 57.8 Å². The van der Waals surface area contributed by atoms with Crippen molar-refractivity contribution < 1.29 is 0 Å². The Morgan fingerprint density at radius 2 is 1.80 bits per heavy atom. The molecule has 0 aliphatic rings. The van der Waals surface area contributed by atoms with Crippen LogP contribution in [0.1, 0.15) is 16.8 Å². The zero-order chi connectivity index (χ0) is 14.3. The van der Waals surface area contributed by atoms with Gasteiger partial charge in [-0.2, -0.15) is 0 Å². The molecule has 0 atom stereocenters. The quantitative estimate of drug-likeness (QED) is 0.628. The van der Waals surface area contributed by atoms with Crippen molar-refractivity contribution in [1.82, 2.24) is 8.96 Å². The topological polar surface area (TPSA) is 17.8 Å². The molecule has 20 heavy (non-hydrogen) atoms. The van der Waals surface area contributed by atoms with Crippen molar-refractivity contribution in [2.45, 2.75) is 25.7 Å². The summed E-state index contributed by atoms with van der Waals surface area (Å²) in [7, 11) is 0. The monoisotopic (exact) mass is 346 g/mol. The van der Waals surface area contributed by atoms with Gasteiger partial charge in [-0.25, -0.2) is 4.98 Å². The fourth-order valence-electron chi connectivity index (χ4n) is 2.19. The van der Waals surface area contributed by atoms with E-state index in [-0.39, 0.29) is 0 Å². The molecule has 0 spiro atoms. The molecule has 3 rings (SSSR count). The number of aromatic nitrogens is 2. The number of benzene rings is 1. The van der Waals surface area contributed by atoms with Gasteiger partial charge in [0.1, 0.15) is 0 Å². The Balaban J connectivity index is 2.11. The first kappa shape index (κ1) is 13.7. The van der Waals surface area contributed by atoms with Crippen LogP contribution in [0.25, 0.3) is 11.0 Å². The maximum absolute atomic E-state index is 4.57. The molecule has 0 aliphatic heterocycles. The summed E-state index contributed by atoms with van der Waals surface area (Å²) in [5.41, 5.74) is 4.83. The second-order valence-electron chi connectivity index (χ2n) is 4.93. The Bertz CT molecular complexity index is 775. The maximum Gasteiger partial charge on any atom is 0.150 e. The normalized spacial score (nSPS) is 11.2. The molecule has 102 valence electrons. The van der Waals surface area contributed by atoms with Crippen LogP contribution in [0.5, 0.6) is 0 Å². The zero-order valence-corrected chi connectivity index (χ0v) is 14.0. The molecule has 2 nitrogen and oxygen atoms in total. The fourth-order valence-corrected chi connectivity index (χ4v) is 3.50. The highest BCUT2D eigenvalue weighted by atomic mass is 79.9. The third kappa shape index (κ3) is 2.38. The Morgan fingerprint density at radius 1 is 1.10 bits per heavy atom. The maximum atomic E-state index is 4.57. The Labute approximate surface area is 131 Å². The van der Waals surface area contributed by atoms with Crippen LogP contribution in [0.3, 0.4) is 0 Å². The SMILES string of the molecule is Cc1ccc(Sn2c(C)c(C)c3cc(Br)cnc32)cc1. The summed E-state index contributed by atoms with van der Waals surface area (Å²) in [6.07, 6.45) is 1.85. The van der Waals surface area contributed by atoms with Crippen LogP contribution in [0, 0.1) is 20.8 Å². The van der Waals surface area contributed by atoms with Crippen molar-refractivity contribution in [3.8, 4) is 0 Å². The molecule has 3 aromatic rings. The average molecular weight is 347 g/mol. The van der Waals surface area contributed by atoms with E-state index in [4.69, 9.17) is 0 Å². The van der Waals surface area contributed by atoms with Crippen LogP contribution < -0.4 is 0 Å². The molecule has 2 aromatic heterocycles. The molecule has 0 unspecified atom stereocenters. The van der Waals surface area contributed by atoms with Gasteiger partial charge < -0.3 is 0 Å². The number of hydrogen-bond donors (Lipinski definition) is 0. The van der Waals surface area contributed by atoms with Crippen LogP contribution in [0.2, 0.25) is 0 Å². The number of rotatable bonds is 2. The fraction of sp³-hybridized carbons (Fsp3) is 0.188. The second kappa shape index (κ2) is 5.26. The Hall–Kier alpha value is -1.26. The van der Waals surface area contributed by atoms with Crippen LogP contribution in [-0.4, -0.2) is 8.96 Å². The smallest absolute Gasteiger partial charge is 0.150 e. The van der Waals surface area contributed by atoms with E-state index in [1.807, 2.05) is 6.20 Å². The number of hydrogen-bond acceptors (Lipinski definition) is 2. The molecule has 0 amide bonds. The van der Waals surface area contributed by atoms with Crippen molar-refractivity contribution >= 4 is 38.9 Å². The third-order valence-corrected chi connectivity index (χ3v) is 5.04. The summed E-state index contributed by atoms with van der Waals surface area (Å²) in [6, 6.07) is 10.7. The van der Waals surface area contributed by atoms with Gasteiger partial charge in [0.2, 0.25) is 0 Å². The highest BCUT2D eigenvalue weighted by molar-refractivity contribution is 9.10. The molecular weight excluding hydrogens is 332 g/mol. The number of aryl methyl sites for hydroxylation is 2. The first-order chi connectivity index (χ1) is 9.56. The lowest BCUT2D eigenvalue weighted by atomic mass is 10.2. The predicted octanol–water partition coefficient (Wildman–Crippen LogP) is 5.28. The van der Waals surface area contributed by atoms with Crippen LogP contribution in [-0.2, 0) is 0 Å². The van der Waals surface area contributed by atoms with Crippen molar-refractivity contribution in [2.24, 2.45) is 0 Å².